The summed E-state index contributed by atoms with van der Waals surface area (Å²) in [6.45, 7) is 0. The van der Waals surface area contributed by atoms with Crippen LogP contribution in [0.5, 0.6) is 0 Å². The van der Waals surface area contributed by atoms with Crippen LogP contribution >= 0.6 is 56.8 Å². The Morgan fingerprint density at radius 3 is 2.42 bits per heavy atom. The molecule has 2 nitrogen and oxygen atoms in total. The second-order valence-electron chi connectivity index (χ2n) is 3.70. The molecule has 0 saturated carbocycles. The minimum atomic E-state index is -0.470. The molecular formula is C13H7ClFI2NO. The summed E-state index contributed by atoms with van der Waals surface area (Å²) in [6.07, 6.45) is 0. The third kappa shape index (κ3) is 3.79. The highest BCUT2D eigenvalue weighted by molar-refractivity contribution is 14.1. The van der Waals surface area contributed by atoms with E-state index in [1.165, 1.54) is 12.1 Å². The summed E-state index contributed by atoms with van der Waals surface area (Å²) < 4.78 is 15.3. The van der Waals surface area contributed by atoms with Crippen LogP contribution in [0, 0.1) is 13.0 Å². The third-order valence-corrected chi connectivity index (χ3v) is 4.02. The van der Waals surface area contributed by atoms with E-state index in [0.717, 1.165) is 7.14 Å². The molecule has 0 aromatic heterocycles. The first-order chi connectivity index (χ1) is 8.97. The monoisotopic (exact) mass is 501 g/mol. The van der Waals surface area contributed by atoms with Crippen LogP contribution in [-0.2, 0) is 0 Å². The molecule has 0 aliphatic rings. The molecule has 2 aromatic carbocycles. The summed E-state index contributed by atoms with van der Waals surface area (Å²) in [4.78, 5) is 12.1. The van der Waals surface area contributed by atoms with Crippen LogP contribution in [0.3, 0.4) is 0 Å². The van der Waals surface area contributed by atoms with Crippen molar-refractivity contribution in [1.29, 1.82) is 0 Å². The molecule has 0 radical (unpaired) electrons. The SMILES string of the molecule is O=C(Nc1ccc(I)cc1F)c1cc(I)ccc1Cl. The maximum absolute atomic E-state index is 13.7. The zero-order valence-corrected chi connectivity index (χ0v) is 14.5. The minimum Gasteiger partial charge on any atom is -0.319 e. The number of rotatable bonds is 2. The zero-order valence-electron chi connectivity index (χ0n) is 9.38. The van der Waals surface area contributed by atoms with Crippen molar-refractivity contribution in [1.82, 2.24) is 0 Å². The summed E-state index contributed by atoms with van der Waals surface area (Å²) in [7, 11) is 0. The standard InChI is InChI=1S/C13H7ClFI2NO/c14-10-3-1-7(16)5-9(10)13(19)18-12-4-2-8(17)6-11(12)15/h1-6H,(H,18,19). The number of hydrogen-bond acceptors (Lipinski definition) is 1. The Labute approximate surface area is 142 Å². The van der Waals surface area contributed by atoms with Gasteiger partial charge in [-0.3, -0.25) is 4.79 Å². The number of amides is 1. The van der Waals surface area contributed by atoms with Crippen molar-refractivity contribution in [3.8, 4) is 0 Å². The maximum Gasteiger partial charge on any atom is 0.257 e. The zero-order chi connectivity index (χ0) is 14.0. The summed E-state index contributed by atoms with van der Waals surface area (Å²) in [5, 5.41) is 2.85. The summed E-state index contributed by atoms with van der Waals surface area (Å²) in [6, 6.07) is 9.69. The number of anilines is 1. The van der Waals surface area contributed by atoms with Gasteiger partial charge >= 0.3 is 0 Å². The fourth-order valence-corrected chi connectivity index (χ4v) is 2.60. The Bertz CT molecular complexity index is 649. The van der Waals surface area contributed by atoms with Gasteiger partial charge in [-0.05, 0) is 81.6 Å². The number of benzene rings is 2. The Hall–Kier alpha value is -0.410. The topological polar surface area (TPSA) is 29.1 Å². The minimum absolute atomic E-state index is 0.139. The van der Waals surface area contributed by atoms with Crippen molar-refractivity contribution >= 4 is 68.4 Å². The van der Waals surface area contributed by atoms with Crippen LogP contribution in [0.15, 0.2) is 36.4 Å². The molecule has 98 valence electrons. The van der Waals surface area contributed by atoms with Crippen LogP contribution in [0.25, 0.3) is 0 Å². The quantitative estimate of drug-likeness (QED) is 0.581. The van der Waals surface area contributed by atoms with E-state index >= 15 is 0 Å². The predicted molar refractivity (Wildman–Crippen MR) is 91.2 cm³/mol. The molecule has 0 fully saturated rings. The first kappa shape index (κ1) is 15.0. The van der Waals surface area contributed by atoms with Crippen LogP contribution in [0.2, 0.25) is 5.02 Å². The predicted octanol–water partition coefficient (Wildman–Crippen LogP) is 4.94. The highest BCUT2D eigenvalue weighted by atomic mass is 127. The summed E-state index contributed by atoms with van der Waals surface area (Å²) in [5.41, 5.74) is 0.465. The van der Waals surface area contributed by atoms with Gasteiger partial charge in [-0.2, -0.15) is 0 Å². The van der Waals surface area contributed by atoms with Gasteiger partial charge < -0.3 is 5.32 Å². The average Bonchev–Trinajstić information content (AvgIpc) is 2.35. The second-order valence-corrected chi connectivity index (χ2v) is 6.60. The molecular weight excluding hydrogens is 494 g/mol. The van der Waals surface area contributed by atoms with E-state index in [0.29, 0.717) is 10.6 Å². The molecule has 0 atom stereocenters. The average molecular weight is 501 g/mol. The van der Waals surface area contributed by atoms with E-state index in [9.17, 15) is 9.18 Å². The molecule has 2 rings (SSSR count). The highest BCUT2D eigenvalue weighted by Gasteiger charge is 2.13. The Morgan fingerprint density at radius 2 is 1.74 bits per heavy atom. The lowest BCUT2D eigenvalue weighted by atomic mass is 10.2. The molecule has 1 amide bonds. The Balaban J connectivity index is 2.28. The molecule has 0 saturated heterocycles. The first-order valence-corrected chi connectivity index (χ1v) is 7.72. The number of carbonyl (C=O) groups excluding carboxylic acids is 1. The first-order valence-electron chi connectivity index (χ1n) is 5.19. The maximum atomic E-state index is 13.7. The van der Waals surface area contributed by atoms with Crippen molar-refractivity contribution < 1.29 is 9.18 Å². The summed E-state index contributed by atoms with van der Waals surface area (Å²) >= 11 is 10.0. The smallest absolute Gasteiger partial charge is 0.257 e. The van der Waals surface area contributed by atoms with E-state index in [4.69, 9.17) is 11.6 Å². The van der Waals surface area contributed by atoms with E-state index < -0.39 is 11.7 Å². The number of carbonyl (C=O) groups is 1. The van der Waals surface area contributed by atoms with Crippen LogP contribution in [-0.4, -0.2) is 5.91 Å². The molecule has 0 unspecified atom stereocenters. The van der Waals surface area contributed by atoms with Crippen LogP contribution in [0.4, 0.5) is 10.1 Å². The van der Waals surface area contributed by atoms with Gasteiger partial charge in [-0.25, -0.2) is 4.39 Å². The van der Waals surface area contributed by atoms with Crippen molar-refractivity contribution in [2.75, 3.05) is 5.32 Å². The Morgan fingerprint density at radius 1 is 1.11 bits per heavy atom. The summed E-state index contributed by atoms with van der Waals surface area (Å²) in [5.74, 6) is -0.898. The molecule has 0 bridgehead atoms. The van der Waals surface area contributed by atoms with Gasteiger partial charge in [-0.1, -0.05) is 11.6 Å². The lowest BCUT2D eigenvalue weighted by Crippen LogP contribution is -2.13. The van der Waals surface area contributed by atoms with Crippen molar-refractivity contribution in [2.45, 2.75) is 0 Å². The van der Waals surface area contributed by atoms with Crippen LogP contribution in [0.1, 0.15) is 10.4 Å². The van der Waals surface area contributed by atoms with Gasteiger partial charge in [-0.15, -0.1) is 0 Å². The molecule has 2 aromatic rings. The van der Waals surface area contributed by atoms with E-state index in [2.05, 4.69) is 27.9 Å². The number of halogens is 4. The van der Waals surface area contributed by atoms with Gasteiger partial charge in [0.1, 0.15) is 5.82 Å². The van der Waals surface area contributed by atoms with Crippen LogP contribution < -0.4 is 5.32 Å². The largest absolute Gasteiger partial charge is 0.319 e. The molecule has 19 heavy (non-hydrogen) atoms. The molecule has 0 spiro atoms. The molecule has 0 heterocycles. The van der Waals surface area contributed by atoms with Crippen molar-refractivity contribution in [3.63, 3.8) is 0 Å². The van der Waals surface area contributed by atoms with Gasteiger partial charge in [0.25, 0.3) is 5.91 Å². The van der Waals surface area contributed by atoms with Gasteiger partial charge in [0.05, 0.1) is 16.3 Å². The molecule has 1 N–H and O–H groups in total. The fourth-order valence-electron chi connectivity index (χ4n) is 1.45. The normalized spacial score (nSPS) is 10.3. The van der Waals surface area contributed by atoms with E-state index in [-0.39, 0.29) is 5.69 Å². The fraction of sp³-hybridized carbons (Fsp3) is 0. The van der Waals surface area contributed by atoms with E-state index in [1.54, 1.807) is 24.3 Å². The van der Waals surface area contributed by atoms with E-state index in [1.807, 2.05) is 22.6 Å². The lowest BCUT2D eigenvalue weighted by Gasteiger charge is -2.08. The Kier molecular flexibility index (Phi) is 5.02. The van der Waals surface area contributed by atoms with Gasteiger partial charge in [0.2, 0.25) is 0 Å². The number of nitrogens with one attached hydrogen (secondary N) is 1. The van der Waals surface area contributed by atoms with Gasteiger partial charge in [0, 0.05) is 7.14 Å². The van der Waals surface area contributed by atoms with Gasteiger partial charge in [0.15, 0.2) is 0 Å². The van der Waals surface area contributed by atoms with Crippen molar-refractivity contribution in [3.05, 3.63) is 59.9 Å². The number of hydrogen-bond donors (Lipinski definition) is 1. The molecule has 6 heteroatoms. The van der Waals surface area contributed by atoms with Crippen molar-refractivity contribution in [2.24, 2.45) is 0 Å². The third-order valence-electron chi connectivity index (χ3n) is 2.35. The second kappa shape index (κ2) is 6.36. The highest BCUT2D eigenvalue weighted by Crippen LogP contribution is 2.22. The molecule has 0 aliphatic heterocycles. The molecule has 0 aliphatic carbocycles. The lowest BCUT2D eigenvalue weighted by molar-refractivity contribution is 0.102.